The molecule has 4 nitrogen and oxygen atoms in total. The number of hydrogen-bond acceptors (Lipinski definition) is 4. The summed E-state index contributed by atoms with van der Waals surface area (Å²) in [6, 6.07) is 7.03. The Kier molecular flexibility index (Phi) is 3.85. The summed E-state index contributed by atoms with van der Waals surface area (Å²) in [7, 11) is 1.58. The van der Waals surface area contributed by atoms with E-state index in [2.05, 4.69) is 16.7 Å². The van der Waals surface area contributed by atoms with Crippen LogP contribution in [0.25, 0.3) is 0 Å². The van der Waals surface area contributed by atoms with Gasteiger partial charge in [-0.05, 0) is 44.0 Å². The lowest BCUT2D eigenvalue weighted by atomic mass is 10.0. The zero-order valence-electron chi connectivity index (χ0n) is 12.4. The van der Waals surface area contributed by atoms with Gasteiger partial charge in [0, 0.05) is 31.7 Å². The average molecular weight is 276 g/mol. The fraction of sp³-hybridized carbons (Fsp3) is 0.625. The smallest absolute Gasteiger partial charge is 0.160 e. The second-order valence-electron chi connectivity index (χ2n) is 5.96. The molecule has 2 aliphatic heterocycles. The number of fused-ring (bicyclic) bond motifs is 1. The van der Waals surface area contributed by atoms with Gasteiger partial charge in [0.25, 0.3) is 0 Å². The third-order valence-corrected chi connectivity index (χ3v) is 4.85. The maximum Gasteiger partial charge on any atom is 0.160 e. The number of methoxy groups -OCH3 is 1. The molecule has 110 valence electrons. The van der Waals surface area contributed by atoms with Gasteiger partial charge in [-0.3, -0.25) is 9.80 Å². The Morgan fingerprint density at radius 2 is 2.15 bits per heavy atom. The highest BCUT2D eigenvalue weighted by molar-refractivity contribution is 5.41. The third kappa shape index (κ3) is 2.50. The van der Waals surface area contributed by atoms with Crippen molar-refractivity contribution >= 4 is 0 Å². The molecule has 0 aromatic heterocycles. The fourth-order valence-electron chi connectivity index (χ4n) is 3.67. The van der Waals surface area contributed by atoms with Crippen LogP contribution >= 0.6 is 0 Å². The molecule has 0 bridgehead atoms. The number of aromatic hydroxyl groups is 1. The van der Waals surface area contributed by atoms with E-state index in [-0.39, 0.29) is 5.75 Å². The molecule has 4 heteroatoms. The van der Waals surface area contributed by atoms with Gasteiger partial charge in [0.15, 0.2) is 11.5 Å². The summed E-state index contributed by atoms with van der Waals surface area (Å²) >= 11 is 0. The largest absolute Gasteiger partial charge is 0.504 e. The predicted molar refractivity (Wildman–Crippen MR) is 79.1 cm³/mol. The number of hydrogen-bond donors (Lipinski definition) is 1. The Labute approximate surface area is 120 Å². The first-order chi connectivity index (χ1) is 9.69. The first kappa shape index (κ1) is 13.7. The molecule has 2 saturated heterocycles. The molecule has 1 aromatic carbocycles. The number of rotatable bonds is 3. The van der Waals surface area contributed by atoms with Gasteiger partial charge in [-0.2, -0.15) is 0 Å². The molecular formula is C16H24N2O2. The van der Waals surface area contributed by atoms with Crippen LogP contribution in [0.3, 0.4) is 0 Å². The third-order valence-electron chi connectivity index (χ3n) is 4.85. The summed E-state index contributed by atoms with van der Waals surface area (Å²) in [5, 5.41) is 9.89. The van der Waals surface area contributed by atoms with Crippen LogP contribution in [0.5, 0.6) is 11.5 Å². The summed E-state index contributed by atoms with van der Waals surface area (Å²) in [5.41, 5.74) is 1.15. The SMILES string of the molecule is COc1ccc(CN2CCN3CCC[C@@H]3[C@@H]2C)cc1O. The lowest BCUT2D eigenvalue weighted by molar-refractivity contribution is 0.0470. The van der Waals surface area contributed by atoms with Gasteiger partial charge in [0.2, 0.25) is 0 Å². The van der Waals surface area contributed by atoms with Gasteiger partial charge in [-0.15, -0.1) is 0 Å². The van der Waals surface area contributed by atoms with Gasteiger partial charge < -0.3 is 9.84 Å². The van der Waals surface area contributed by atoms with E-state index < -0.39 is 0 Å². The maximum atomic E-state index is 9.89. The number of ether oxygens (including phenoxy) is 1. The summed E-state index contributed by atoms with van der Waals surface area (Å²) in [6.45, 7) is 6.81. The van der Waals surface area contributed by atoms with Crippen molar-refractivity contribution in [3.8, 4) is 11.5 Å². The number of phenolic OH excluding ortho intramolecular Hbond substituents is 1. The Balaban J connectivity index is 1.69. The van der Waals surface area contributed by atoms with E-state index in [1.54, 1.807) is 7.11 Å². The van der Waals surface area contributed by atoms with Crippen molar-refractivity contribution < 1.29 is 9.84 Å². The monoisotopic (exact) mass is 276 g/mol. The van der Waals surface area contributed by atoms with E-state index >= 15 is 0 Å². The fourth-order valence-corrected chi connectivity index (χ4v) is 3.67. The number of benzene rings is 1. The van der Waals surface area contributed by atoms with Crippen molar-refractivity contribution in [1.82, 2.24) is 9.80 Å². The van der Waals surface area contributed by atoms with Crippen molar-refractivity contribution in [2.24, 2.45) is 0 Å². The zero-order valence-corrected chi connectivity index (χ0v) is 12.4. The van der Waals surface area contributed by atoms with Crippen molar-refractivity contribution in [3.05, 3.63) is 23.8 Å². The average Bonchev–Trinajstić information content (AvgIpc) is 2.91. The molecule has 0 saturated carbocycles. The van der Waals surface area contributed by atoms with Gasteiger partial charge in [-0.1, -0.05) is 6.07 Å². The molecule has 1 aromatic rings. The highest BCUT2D eigenvalue weighted by atomic mass is 16.5. The number of piperazine rings is 1. The zero-order chi connectivity index (χ0) is 14.1. The molecule has 2 atom stereocenters. The topological polar surface area (TPSA) is 35.9 Å². The minimum Gasteiger partial charge on any atom is -0.504 e. The number of nitrogens with zero attached hydrogens (tertiary/aromatic N) is 2. The van der Waals surface area contributed by atoms with E-state index in [1.807, 2.05) is 18.2 Å². The summed E-state index contributed by atoms with van der Waals surface area (Å²) in [6.07, 6.45) is 2.66. The number of phenols is 1. The van der Waals surface area contributed by atoms with E-state index in [0.717, 1.165) is 24.7 Å². The van der Waals surface area contributed by atoms with Gasteiger partial charge in [0.1, 0.15) is 0 Å². The van der Waals surface area contributed by atoms with Crippen LogP contribution in [0.2, 0.25) is 0 Å². The van der Waals surface area contributed by atoms with Crippen LogP contribution in [0.15, 0.2) is 18.2 Å². The normalized spacial score (nSPS) is 27.5. The first-order valence-corrected chi connectivity index (χ1v) is 7.53. The van der Waals surface area contributed by atoms with Gasteiger partial charge in [-0.25, -0.2) is 0 Å². The predicted octanol–water partition coefficient (Wildman–Crippen LogP) is 2.07. The van der Waals surface area contributed by atoms with Crippen LogP contribution in [-0.4, -0.2) is 53.7 Å². The standard InChI is InChI=1S/C16H24N2O2/c1-12-14-4-3-7-17(14)8-9-18(12)11-13-5-6-16(20-2)15(19)10-13/h5-6,10,12,14,19H,3-4,7-9,11H2,1-2H3/t12-,14+/m0/s1. The highest BCUT2D eigenvalue weighted by Crippen LogP contribution is 2.30. The van der Waals surface area contributed by atoms with Crippen molar-refractivity contribution in [3.63, 3.8) is 0 Å². The Bertz CT molecular complexity index is 478. The molecule has 3 rings (SSSR count). The molecular weight excluding hydrogens is 252 g/mol. The Hall–Kier alpha value is -1.26. The first-order valence-electron chi connectivity index (χ1n) is 7.53. The molecule has 1 N–H and O–H groups in total. The molecule has 2 aliphatic rings. The van der Waals surface area contributed by atoms with Crippen molar-refractivity contribution in [1.29, 1.82) is 0 Å². The van der Waals surface area contributed by atoms with E-state index in [0.29, 0.717) is 11.8 Å². The van der Waals surface area contributed by atoms with E-state index in [4.69, 9.17) is 4.74 Å². The highest BCUT2D eigenvalue weighted by Gasteiger charge is 2.36. The summed E-state index contributed by atoms with van der Waals surface area (Å²) in [5.74, 6) is 0.777. The Morgan fingerprint density at radius 1 is 1.30 bits per heavy atom. The quantitative estimate of drug-likeness (QED) is 0.917. The molecule has 2 heterocycles. The van der Waals surface area contributed by atoms with Crippen LogP contribution in [0.1, 0.15) is 25.3 Å². The minimum atomic E-state index is 0.233. The molecule has 0 spiro atoms. The van der Waals surface area contributed by atoms with Crippen molar-refractivity contribution in [2.75, 3.05) is 26.7 Å². The second-order valence-corrected chi connectivity index (χ2v) is 5.96. The van der Waals surface area contributed by atoms with E-state index in [1.165, 1.54) is 25.9 Å². The summed E-state index contributed by atoms with van der Waals surface area (Å²) < 4.78 is 5.10. The molecule has 20 heavy (non-hydrogen) atoms. The molecule has 0 aliphatic carbocycles. The van der Waals surface area contributed by atoms with Crippen molar-refractivity contribution in [2.45, 2.75) is 38.4 Å². The van der Waals surface area contributed by atoms with Crippen LogP contribution in [-0.2, 0) is 6.54 Å². The molecule has 2 fully saturated rings. The van der Waals surface area contributed by atoms with Crippen LogP contribution in [0, 0.1) is 0 Å². The van der Waals surface area contributed by atoms with Gasteiger partial charge >= 0.3 is 0 Å². The van der Waals surface area contributed by atoms with Gasteiger partial charge in [0.05, 0.1) is 7.11 Å². The molecule has 0 unspecified atom stereocenters. The van der Waals surface area contributed by atoms with Crippen LogP contribution in [0.4, 0.5) is 0 Å². The lowest BCUT2D eigenvalue weighted by Gasteiger charge is -2.43. The van der Waals surface area contributed by atoms with E-state index in [9.17, 15) is 5.11 Å². The van der Waals surface area contributed by atoms with Crippen LogP contribution < -0.4 is 4.74 Å². The second kappa shape index (κ2) is 5.62. The lowest BCUT2D eigenvalue weighted by Crippen LogP contribution is -2.55. The molecule has 0 radical (unpaired) electrons. The molecule has 0 amide bonds. The maximum absolute atomic E-state index is 9.89. The summed E-state index contributed by atoms with van der Waals surface area (Å²) in [4.78, 5) is 5.17. The minimum absolute atomic E-state index is 0.233. The Morgan fingerprint density at radius 3 is 2.90 bits per heavy atom.